The summed E-state index contributed by atoms with van der Waals surface area (Å²) in [5.41, 5.74) is 7.37. The minimum absolute atomic E-state index is 0.611. The van der Waals surface area contributed by atoms with Crippen molar-refractivity contribution in [2.24, 2.45) is 10.2 Å². The molecule has 0 unspecified atom stereocenters. The largest absolute Gasteiger partial charge is 0.452 e. The van der Waals surface area contributed by atoms with Gasteiger partial charge in [0.25, 0.3) is 0 Å². The van der Waals surface area contributed by atoms with Crippen molar-refractivity contribution in [2.45, 2.75) is 27.7 Å². The maximum Gasteiger partial charge on any atom is 0.427 e. The maximum absolute atomic E-state index is 11.2. The number of carbonyl (C=O) groups excluding carboxylic acids is 2. The molecule has 0 aliphatic rings. The molecule has 2 heterocycles. The Bertz CT molecular complexity index is 871. The Balaban J connectivity index is 2.28. The van der Waals surface area contributed by atoms with Crippen molar-refractivity contribution in [1.29, 1.82) is 0 Å². The summed E-state index contributed by atoms with van der Waals surface area (Å²) in [7, 11) is 2.54. The molecule has 0 saturated heterocycles. The molecule has 150 valence electrons. The molecule has 0 radical (unpaired) electrons. The first kappa shape index (κ1) is 21.4. The number of hydrogen-bond donors (Lipinski definition) is 2. The minimum atomic E-state index is -0.641. The summed E-state index contributed by atoms with van der Waals surface area (Å²) < 4.78 is 9.00. The van der Waals surface area contributed by atoms with Gasteiger partial charge in [-0.15, -0.1) is 22.7 Å². The minimum Gasteiger partial charge on any atom is -0.452 e. The van der Waals surface area contributed by atoms with Crippen LogP contribution in [0.5, 0.6) is 0 Å². The van der Waals surface area contributed by atoms with E-state index in [4.69, 9.17) is 0 Å². The average molecular weight is 425 g/mol. The molecule has 0 atom stereocenters. The lowest BCUT2D eigenvalue weighted by Crippen LogP contribution is -2.18. The number of hydrogen-bond acceptors (Lipinski definition) is 10. The number of ether oxygens (including phenoxy) is 2. The Labute approximate surface area is 169 Å². The molecule has 2 aromatic heterocycles. The molecule has 0 spiro atoms. The van der Waals surface area contributed by atoms with Crippen LogP contribution in [0.1, 0.15) is 35.0 Å². The second kappa shape index (κ2) is 9.37. The topological polar surface area (TPSA) is 127 Å². The highest BCUT2D eigenvalue weighted by Gasteiger charge is 2.18. The van der Waals surface area contributed by atoms with E-state index >= 15 is 0 Å². The summed E-state index contributed by atoms with van der Waals surface area (Å²) in [6.07, 6.45) is -1.28. The van der Waals surface area contributed by atoms with Gasteiger partial charge in [-0.25, -0.2) is 30.4 Å². The van der Waals surface area contributed by atoms with Gasteiger partial charge in [0, 0.05) is 0 Å². The average Bonchev–Trinajstić information content (AvgIpc) is 3.26. The standard InChI is InChI=1S/C16H20N6O4S2/c1-7-11(9(3)19-21-15(23)25-5)27-13(17-7)14-18-8(2)12(28-14)10(4)20-22-16(24)26-6/h1-6H3,(H,21,23)(H,22,24)/b19-9+,20-10+. The number of aromatic nitrogens is 2. The highest BCUT2D eigenvalue weighted by atomic mass is 32.1. The van der Waals surface area contributed by atoms with Crippen molar-refractivity contribution < 1.29 is 19.1 Å². The number of nitrogens with zero attached hydrogens (tertiary/aromatic N) is 4. The Hall–Kier alpha value is -2.86. The van der Waals surface area contributed by atoms with E-state index in [1.807, 2.05) is 13.8 Å². The van der Waals surface area contributed by atoms with E-state index in [0.29, 0.717) is 11.4 Å². The predicted octanol–water partition coefficient (Wildman–Crippen LogP) is 3.04. The predicted molar refractivity (Wildman–Crippen MR) is 108 cm³/mol. The smallest absolute Gasteiger partial charge is 0.427 e. The zero-order chi connectivity index (χ0) is 20.8. The zero-order valence-corrected chi connectivity index (χ0v) is 17.9. The molecule has 28 heavy (non-hydrogen) atoms. The molecule has 0 aliphatic carbocycles. The molecule has 10 nitrogen and oxygen atoms in total. The fourth-order valence-corrected chi connectivity index (χ4v) is 4.14. The van der Waals surface area contributed by atoms with Gasteiger partial charge >= 0.3 is 12.2 Å². The van der Waals surface area contributed by atoms with Crippen molar-refractivity contribution >= 4 is 46.3 Å². The Morgan fingerprint density at radius 3 is 1.50 bits per heavy atom. The van der Waals surface area contributed by atoms with Crippen LogP contribution in [0.3, 0.4) is 0 Å². The normalized spacial score (nSPS) is 11.9. The van der Waals surface area contributed by atoms with Gasteiger partial charge in [0.1, 0.15) is 0 Å². The van der Waals surface area contributed by atoms with Crippen molar-refractivity contribution in [1.82, 2.24) is 20.8 Å². The summed E-state index contributed by atoms with van der Waals surface area (Å²) in [6, 6.07) is 0. The molecule has 2 amide bonds. The number of carbonyl (C=O) groups is 2. The van der Waals surface area contributed by atoms with Crippen LogP contribution in [0.15, 0.2) is 10.2 Å². The lowest BCUT2D eigenvalue weighted by molar-refractivity contribution is 0.170. The molecule has 2 aromatic rings. The van der Waals surface area contributed by atoms with Crippen LogP contribution in [0.25, 0.3) is 10.0 Å². The summed E-state index contributed by atoms with van der Waals surface area (Å²) in [5, 5.41) is 9.47. The first-order valence-corrected chi connectivity index (χ1v) is 9.62. The monoisotopic (exact) mass is 424 g/mol. The molecule has 12 heteroatoms. The van der Waals surface area contributed by atoms with E-state index in [1.54, 1.807) is 13.8 Å². The molecule has 2 rings (SSSR count). The van der Waals surface area contributed by atoms with Crippen LogP contribution >= 0.6 is 22.7 Å². The first-order chi connectivity index (χ1) is 13.3. The van der Waals surface area contributed by atoms with E-state index in [0.717, 1.165) is 31.2 Å². The molecule has 0 fully saturated rings. The molecule has 0 saturated carbocycles. The summed E-state index contributed by atoms with van der Waals surface area (Å²) in [5.74, 6) is 0. The third-order valence-corrected chi connectivity index (χ3v) is 6.11. The van der Waals surface area contributed by atoms with E-state index in [2.05, 4.69) is 40.5 Å². The van der Waals surface area contributed by atoms with Gasteiger partial charge in [0.05, 0.1) is 46.8 Å². The fourth-order valence-electron chi connectivity index (χ4n) is 2.10. The Morgan fingerprint density at radius 1 is 0.821 bits per heavy atom. The molecule has 0 aromatic carbocycles. The summed E-state index contributed by atoms with van der Waals surface area (Å²) >= 11 is 2.84. The van der Waals surface area contributed by atoms with Crippen LogP contribution in [0, 0.1) is 13.8 Å². The second-order valence-corrected chi connectivity index (χ2v) is 7.47. The SMILES string of the molecule is COC(=O)N/N=C(\C)c1sc(-c2nc(C)c(/C(C)=N/NC(=O)OC)s2)nc1C. The van der Waals surface area contributed by atoms with Crippen LogP contribution < -0.4 is 10.9 Å². The van der Waals surface area contributed by atoms with E-state index in [1.165, 1.54) is 36.9 Å². The van der Waals surface area contributed by atoms with Crippen molar-refractivity contribution in [3.63, 3.8) is 0 Å². The molecule has 0 bridgehead atoms. The number of rotatable bonds is 5. The quantitative estimate of drug-likeness (QED) is 0.561. The van der Waals surface area contributed by atoms with Crippen LogP contribution in [-0.4, -0.2) is 47.8 Å². The van der Waals surface area contributed by atoms with Crippen LogP contribution in [0.4, 0.5) is 9.59 Å². The van der Waals surface area contributed by atoms with Gasteiger partial charge in [-0.3, -0.25) is 0 Å². The number of hydrazone groups is 2. The fraction of sp³-hybridized carbons (Fsp3) is 0.375. The number of amides is 2. The van der Waals surface area contributed by atoms with E-state index < -0.39 is 12.2 Å². The van der Waals surface area contributed by atoms with Gasteiger partial charge < -0.3 is 9.47 Å². The number of aryl methyl sites for hydroxylation is 2. The molecular formula is C16H20N6O4S2. The Morgan fingerprint density at radius 2 is 1.18 bits per heavy atom. The van der Waals surface area contributed by atoms with E-state index in [-0.39, 0.29) is 0 Å². The van der Waals surface area contributed by atoms with Crippen LogP contribution in [0.2, 0.25) is 0 Å². The van der Waals surface area contributed by atoms with Gasteiger partial charge in [-0.2, -0.15) is 10.2 Å². The van der Waals surface area contributed by atoms with Gasteiger partial charge in [-0.1, -0.05) is 0 Å². The van der Waals surface area contributed by atoms with Gasteiger partial charge in [-0.05, 0) is 27.7 Å². The van der Waals surface area contributed by atoms with Crippen molar-refractivity contribution in [2.75, 3.05) is 14.2 Å². The number of methoxy groups -OCH3 is 2. The highest BCUT2D eigenvalue weighted by molar-refractivity contribution is 7.23. The highest BCUT2D eigenvalue weighted by Crippen LogP contribution is 2.33. The van der Waals surface area contributed by atoms with Gasteiger partial charge in [0.2, 0.25) is 0 Å². The first-order valence-electron chi connectivity index (χ1n) is 7.99. The maximum atomic E-state index is 11.2. The molecule has 2 N–H and O–H groups in total. The van der Waals surface area contributed by atoms with Crippen LogP contribution in [-0.2, 0) is 9.47 Å². The zero-order valence-electron chi connectivity index (χ0n) is 16.2. The lowest BCUT2D eigenvalue weighted by Gasteiger charge is -1.99. The summed E-state index contributed by atoms with van der Waals surface area (Å²) in [6.45, 7) is 7.27. The lowest BCUT2D eigenvalue weighted by atomic mass is 10.3. The summed E-state index contributed by atoms with van der Waals surface area (Å²) in [4.78, 5) is 33.1. The molecular weight excluding hydrogens is 404 g/mol. The molecule has 0 aliphatic heterocycles. The Kier molecular flexibility index (Phi) is 7.18. The third kappa shape index (κ3) is 5.10. The van der Waals surface area contributed by atoms with E-state index in [9.17, 15) is 9.59 Å². The van der Waals surface area contributed by atoms with Crippen molar-refractivity contribution in [3.05, 3.63) is 21.1 Å². The number of nitrogens with one attached hydrogen (secondary N) is 2. The second-order valence-electron chi connectivity index (χ2n) is 5.47. The van der Waals surface area contributed by atoms with Gasteiger partial charge in [0.15, 0.2) is 10.0 Å². The number of thiazole rings is 2. The third-order valence-electron chi connectivity index (χ3n) is 3.43. The van der Waals surface area contributed by atoms with Crippen molar-refractivity contribution in [3.8, 4) is 10.0 Å².